The number of hydrogen-bond acceptors (Lipinski definition) is 6. The summed E-state index contributed by atoms with van der Waals surface area (Å²) in [6, 6.07) is 8.20. The van der Waals surface area contributed by atoms with E-state index in [1.54, 1.807) is 11.8 Å². The third kappa shape index (κ3) is 3.76. The summed E-state index contributed by atoms with van der Waals surface area (Å²) in [6.07, 6.45) is 3.72. The lowest BCUT2D eigenvalue weighted by Crippen LogP contribution is -2.48. The highest BCUT2D eigenvalue weighted by atomic mass is 32.2. The van der Waals surface area contributed by atoms with Gasteiger partial charge in [0.15, 0.2) is 5.82 Å². The second kappa shape index (κ2) is 6.37. The molecule has 0 amide bonds. The summed E-state index contributed by atoms with van der Waals surface area (Å²) in [7, 11) is 0. The second-order valence-electron chi connectivity index (χ2n) is 6.43. The van der Waals surface area contributed by atoms with Crippen LogP contribution in [0, 0.1) is 6.92 Å². The Hall–Kier alpha value is -1.79. The standard InChI is InChI=1S/C17H23N5S/c1-12-5-3-4-6-13(12)23-16-15(18)21-14(11-20-16)22-9-7-17(2,19)8-10-22/h3-6,11H,7-10,19H2,1-2H3,(H2,18,21). The number of nitrogen functional groups attached to an aromatic ring is 1. The summed E-state index contributed by atoms with van der Waals surface area (Å²) in [6.45, 7) is 5.97. The highest BCUT2D eigenvalue weighted by Gasteiger charge is 2.26. The van der Waals surface area contributed by atoms with Crippen LogP contribution in [0.25, 0.3) is 0 Å². The molecule has 1 saturated heterocycles. The van der Waals surface area contributed by atoms with E-state index < -0.39 is 0 Å². The van der Waals surface area contributed by atoms with Crippen LogP contribution in [0.5, 0.6) is 0 Å². The van der Waals surface area contributed by atoms with E-state index in [4.69, 9.17) is 11.5 Å². The van der Waals surface area contributed by atoms with Crippen molar-refractivity contribution in [3.63, 3.8) is 0 Å². The fourth-order valence-electron chi connectivity index (χ4n) is 2.64. The van der Waals surface area contributed by atoms with E-state index in [-0.39, 0.29) is 5.54 Å². The Balaban J connectivity index is 1.75. The third-order valence-corrected chi connectivity index (χ3v) is 5.47. The van der Waals surface area contributed by atoms with Crippen molar-refractivity contribution in [2.75, 3.05) is 23.7 Å². The summed E-state index contributed by atoms with van der Waals surface area (Å²) in [5, 5.41) is 0.753. The maximum Gasteiger partial charge on any atom is 0.158 e. The molecule has 122 valence electrons. The van der Waals surface area contributed by atoms with Crippen LogP contribution in [0.2, 0.25) is 0 Å². The minimum atomic E-state index is -0.0733. The first-order chi connectivity index (χ1) is 10.9. The molecule has 1 fully saturated rings. The molecule has 0 bridgehead atoms. The molecule has 6 heteroatoms. The van der Waals surface area contributed by atoms with Crippen LogP contribution in [-0.4, -0.2) is 28.6 Å². The van der Waals surface area contributed by atoms with Crippen LogP contribution in [0.15, 0.2) is 40.4 Å². The van der Waals surface area contributed by atoms with Crippen molar-refractivity contribution in [1.82, 2.24) is 9.97 Å². The van der Waals surface area contributed by atoms with Gasteiger partial charge in [0, 0.05) is 23.5 Å². The summed E-state index contributed by atoms with van der Waals surface area (Å²) in [5.41, 5.74) is 13.5. The number of nitrogens with two attached hydrogens (primary N) is 2. The van der Waals surface area contributed by atoms with Crippen molar-refractivity contribution in [3.05, 3.63) is 36.0 Å². The van der Waals surface area contributed by atoms with Crippen molar-refractivity contribution in [2.24, 2.45) is 5.73 Å². The van der Waals surface area contributed by atoms with Crippen molar-refractivity contribution in [3.8, 4) is 0 Å². The van der Waals surface area contributed by atoms with Gasteiger partial charge in [0.05, 0.1) is 6.20 Å². The van der Waals surface area contributed by atoms with Crippen molar-refractivity contribution in [1.29, 1.82) is 0 Å². The fourth-order valence-corrected chi connectivity index (χ4v) is 3.47. The maximum absolute atomic E-state index is 6.18. The topological polar surface area (TPSA) is 81.1 Å². The normalized spacial score (nSPS) is 17.3. The lowest BCUT2D eigenvalue weighted by molar-refractivity contribution is 0.363. The third-order valence-electron chi connectivity index (χ3n) is 4.28. The Morgan fingerprint density at radius 1 is 1.22 bits per heavy atom. The van der Waals surface area contributed by atoms with Crippen LogP contribution < -0.4 is 16.4 Å². The van der Waals surface area contributed by atoms with Gasteiger partial charge in [-0.25, -0.2) is 9.97 Å². The van der Waals surface area contributed by atoms with Crippen molar-refractivity contribution >= 4 is 23.4 Å². The van der Waals surface area contributed by atoms with E-state index in [1.165, 1.54) is 5.56 Å². The predicted molar refractivity (Wildman–Crippen MR) is 95.8 cm³/mol. The SMILES string of the molecule is Cc1ccccc1Sc1ncc(N2CCC(C)(N)CC2)nc1N. The molecule has 23 heavy (non-hydrogen) atoms. The Morgan fingerprint density at radius 2 is 1.91 bits per heavy atom. The zero-order valence-corrected chi connectivity index (χ0v) is 14.4. The van der Waals surface area contributed by atoms with E-state index in [0.29, 0.717) is 5.82 Å². The predicted octanol–water partition coefficient (Wildman–Crippen LogP) is 2.84. The van der Waals surface area contributed by atoms with Gasteiger partial charge in [0.2, 0.25) is 0 Å². The van der Waals surface area contributed by atoms with Crippen LogP contribution in [0.3, 0.4) is 0 Å². The van der Waals surface area contributed by atoms with Gasteiger partial charge < -0.3 is 16.4 Å². The molecule has 0 atom stereocenters. The number of anilines is 2. The van der Waals surface area contributed by atoms with Gasteiger partial charge in [0.25, 0.3) is 0 Å². The van der Waals surface area contributed by atoms with Crippen LogP contribution in [0.1, 0.15) is 25.3 Å². The van der Waals surface area contributed by atoms with Gasteiger partial charge in [-0.1, -0.05) is 30.0 Å². The molecular weight excluding hydrogens is 306 g/mol. The Morgan fingerprint density at radius 3 is 2.57 bits per heavy atom. The molecule has 3 rings (SSSR count). The van der Waals surface area contributed by atoms with E-state index in [2.05, 4.69) is 40.8 Å². The zero-order chi connectivity index (χ0) is 16.4. The minimum Gasteiger partial charge on any atom is -0.381 e. The molecule has 5 nitrogen and oxygen atoms in total. The molecule has 2 aromatic rings. The van der Waals surface area contributed by atoms with Crippen molar-refractivity contribution in [2.45, 2.75) is 42.1 Å². The van der Waals surface area contributed by atoms with E-state index >= 15 is 0 Å². The molecule has 1 aromatic heterocycles. The zero-order valence-electron chi connectivity index (χ0n) is 13.6. The van der Waals surface area contributed by atoms with E-state index in [1.807, 2.05) is 18.3 Å². The number of piperidine rings is 1. The molecule has 1 aromatic carbocycles. The highest BCUT2D eigenvalue weighted by molar-refractivity contribution is 7.99. The lowest BCUT2D eigenvalue weighted by Gasteiger charge is -2.37. The van der Waals surface area contributed by atoms with Crippen LogP contribution >= 0.6 is 11.8 Å². The Bertz CT molecular complexity index is 691. The molecule has 2 heterocycles. The van der Waals surface area contributed by atoms with Gasteiger partial charge in [-0.05, 0) is 38.3 Å². The first-order valence-electron chi connectivity index (χ1n) is 7.84. The largest absolute Gasteiger partial charge is 0.381 e. The molecular formula is C17H23N5S. The first kappa shape index (κ1) is 16.1. The molecule has 0 unspecified atom stereocenters. The highest BCUT2D eigenvalue weighted by Crippen LogP contribution is 2.33. The second-order valence-corrected chi connectivity index (χ2v) is 7.46. The monoisotopic (exact) mass is 329 g/mol. The Kier molecular flexibility index (Phi) is 4.46. The first-order valence-corrected chi connectivity index (χ1v) is 8.66. The number of nitrogens with zero attached hydrogens (tertiary/aromatic N) is 3. The number of aryl methyl sites for hydroxylation is 1. The Labute approximate surface area is 141 Å². The van der Waals surface area contributed by atoms with Crippen LogP contribution in [0.4, 0.5) is 11.6 Å². The fraction of sp³-hybridized carbons (Fsp3) is 0.412. The van der Waals surface area contributed by atoms with Gasteiger partial charge in [-0.15, -0.1) is 0 Å². The number of hydrogen-bond donors (Lipinski definition) is 2. The average molecular weight is 329 g/mol. The molecule has 1 aliphatic heterocycles. The average Bonchev–Trinajstić information content (AvgIpc) is 2.51. The molecule has 0 radical (unpaired) electrons. The van der Waals surface area contributed by atoms with Gasteiger partial charge in [-0.2, -0.15) is 0 Å². The molecule has 0 aliphatic carbocycles. The molecule has 0 saturated carbocycles. The molecule has 4 N–H and O–H groups in total. The summed E-state index contributed by atoms with van der Waals surface area (Å²) in [4.78, 5) is 12.4. The minimum absolute atomic E-state index is 0.0733. The molecule has 0 spiro atoms. The summed E-state index contributed by atoms with van der Waals surface area (Å²) in [5.74, 6) is 1.32. The van der Waals surface area contributed by atoms with Crippen LogP contribution in [-0.2, 0) is 0 Å². The number of aromatic nitrogens is 2. The molecule has 1 aliphatic rings. The summed E-state index contributed by atoms with van der Waals surface area (Å²) < 4.78 is 0. The van der Waals surface area contributed by atoms with Crippen molar-refractivity contribution < 1.29 is 0 Å². The van der Waals surface area contributed by atoms with E-state index in [9.17, 15) is 0 Å². The number of benzene rings is 1. The van der Waals surface area contributed by atoms with E-state index in [0.717, 1.165) is 41.7 Å². The van der Waals surface area contributed by atoms with Gasteiger partial charge in [0.1, 0.15) is 10.8 Å². The quantitative estimate of drug-likeness (QED) is 0.901. The number of rotatable bonds is 3. The smallest absolute Gasteiger partial charge is 0.158 e. The van der Waals surface area contributed by atoms with Gasteiger partial charge in [-0.3, -0.25) is 0 Å². The lowest BCUT2D eigenvalue weighted by atomic mass is 9.91. The maximum atomic E-state index is 6.18. The summed E-state index contributed by atoms with van der Waals surface area (Å²) >= 11 is 1.56. The van der Waals surface area contributed by atoms with Gasteiger partial charge >= 0.3 is 0 Å².